The van der Waals surface area contributed by atoms with E-state index in [2.05, 4.69) is 10.3 Å². The Hall–Kier alpha value is -2.86. The van der Waals surface area contributed by atoms with Crippen molar-refractivity contribution in [1.82, 2.24) is 14.9 Å². The lowest BCUT2D eigenvalue weighted by atomic mass is 10.0. The number of carbonyl (C=O) groups excluding carboxylic acids is 1. The zero-order valence-corrected chi connectivity index (χ0v) is 13.6. The van der Waals surface area contributed by atoms with Gasteiger partial charge in [-0.25, -0.2) is 0 Å². The van der Waals surface area contributed by atoms with Crippen LogP contribution < -0.4 is 10.9 Å². The molecule has 6 heteroatoms. The summed E-state index contributed by atoms with van der Waals surface area (Å²) in [6.45, 7) is 0.913. The third kappa shape index (κ3) is 2.83. The lowest BCUT2D eigenvalue weighted by Crippen LogP contribution is -2.22. The van der Waals surface area contributed by atoms with Crippen molar-refractivity contribution >= 4 is 16.8 Å². The molecule has 3 aromatic rings. The van der Waals surface area contributed by atoms with Gasteiger partial charge in [0.1, 0.15) is 5.52 Å². The zero-order chi connectivity index (χ0) is 17.1. The molecule has 0 aliphatic rings. The van der Waals surface area contributed by atoms with E-state index in [1.165, 1.54) is 0 Å². The fraction of sp³-hybridized carbons (Fsp3) is 0.222. The number of nitrogens with zero attached hydrogens (tertiary/aromatic N) is 1. The molecule has 0 saturated carbocycles. The molecule has 0 spiro atoms. The van der Waals surface area contributed by atoms with Crippen LogP contribution in [-0.2, 0) is 11.3 Å². The van der Waals surface area contributed by atoms with Crippen LogP contribution >= 0.6 is 0 Å². The van der Waals surface area contributed by atoms with E-state index in [1.54, 1.807) is 31.0 Å². The number of aromatic amines is 1. The van der Waals surface area contributed by atoms with Crippen molar-refractivity contribution in [2.45, 2.75) is 6.54 Å². The summed E-state index contributed by atoms with van der Waals surface area (Å²) >= 11 is 0. The summed E-state index contributed by atoms with van der Waals surface area (Å²) < 4.78 is 6.71. The summed E-state index contributed by atoms with van der Waals surface area (Å²) in [6, 6.07) is 9.23. The lowest BCUT2D eigenvalue weighted by Gasteiger charge is -2.11. The number of pyridine rings is 1. The maximum atomic E-state index is 12.5. The molecule has 0 radical (unpaired) electrons. The van der Waals surface area contributed by atoms with Gasteiger partial charge in [0.05, 0.1) is 6.61 Å². The first-order valence-corrected chi connectivity index (χ1v) is 7.67. The fourth-order valence-corrected chi connectivity index (χ4v) is 2.76. The zero-order valence-electron chi connectivity index (χ0n) is 13.6. The van der Waals surface area contributed by atoms with Crippen LogP contribution in [0.1, 0.15) is 10.4 Å². The normalized spacial score (nSPS) is 10.9. The van der Waals surface area contributed by atoms with Crippen LogP contribution in [0.2, 0.25) is 0 Å². The molecule has 0 bridgehead atoms. The van der Waals surface area contributed by atoms with Gasteiger partial charge in [-0.05, 0) is 23.8 Å². The topological polar surface area (TPSA) is 76.1 Å². The molecule has 24 heavy (non-hydrogen) atoms. The maximum absolute atomic E-state index is 12.5. The van der Waals surface area contributed by atoms with Crippen molar-refractivity contribution in [3.05, 3.63) is 58.6 Å². The molecular formula is C18H19N3O3. The van der Waals surface area contributed by atoms with Crippen LogP contribution in [0.5, 0.6) is 0 Å². The van der Waals surface area contributed by atoms with Gasteiger partial charge in [-0.3, -0.25) is 9.59 Å². The van der Waals surface area contributed by atoms with Gasteiger partial charge in [-0.1, -0.05) is 12.1 Å². The average Bonchev–Trinajstić information content (AvgIpc) is 3.11. The molecule has 0 atom stereocenters. The molecular weight excluding hydrogens is 306 g/mol. The summed E-state index contributed by atoms with van der Waals surface area (Å²) in [5.74, 6) is -0.144. The van der Waals surface area contributed by atoms with Crippen LogP contribution in [0.3, 0.4) is 0 Å². The molecule has 0 saturated heterocycles. The molecule has 1 amide bonds. The van der Waals surface area contributed by atoms with Gasteiger partial charge in [0.15, 0.2) is 0 Å². The predicted octanol–water partition coefficient (Wildman–Crippen LogP) is 2.00. The molecule has 2 aromatic heterocycles. The maximum Gasteiger partial charge on any atom is 0.274 e. The molecule has 6 nitrogen and oxygen atoms in total. The number of nitrogens with one attached hydrogen (secondary N) is 2. The Morgan fingerprint density at radius 3 is 2.92 bits per heavy atom. The molecule has 3 rings (SSSR count). The Balaban J connectivity index is 2.18. The van der Waals surface area contributed by atoms with Crippen molar-refractivity contribution in [3.63, 3.8) is 0 Å². The standard InChI is InChI=1S/C18H19N3O3/c1-19-17(22)13-5-3-4-12(10-13)15-11-21(8-9-24-2)18(23)16-14(15)6-7-20-16/h3-7,10-11,20H,8-9H2,1-2H3,(H,19,22). The molecule has 124 valence electrons. The number of hydrogen-bond acceptors (Lipinski definition) is 3. The molecule has 1 aromatic carbocycles. The monoisotopic (exact) mass is 325 g/mol. The van der Waals surface area contributed by atoms with E-state index in [0.717, 1.165) is 16.5 Å². The van der Waals surface area contributed by atoms with Gasteiger partial charge in [-0.15, -0.1) is 0 Å². The van der Waals surface area contributed by atoms with E-state index in [0.29, 0.717) is 24.2 Å². The van der Waals surface area contributed by atoms with Gasteiger partial charge in [0.2, 0.25) is 0 Å². The Kier molecular flexibility index (Phi) is 4.48. The minimum absolute atomic E-state index is 0.0849. The summed E-state index contributed by atoms with van der Waals surface area (Å²) in [6.07, 6.45) is 3.57. The second kappa shape index (κ2) is 6.72. The molecule has 2 heterocycles. The molecule has 2 N–H and O–H groups in total. The minimum atomic E-state index is -0.144. The molecule has 0 aliphatic carbocycles. The first-order chi connectivity index (χ1) is 11.7. The number of rotatable bonds is 5. The Labute approximate surface area is 139 Å². The van der Waals surface area contributed by atoms with Gasteiger partial charge in [0, 0.05) is 49.6 Å². The van der Waals surface area contributed by atoms with Gasteiger partial charge in [-0.2, -0.15) is 0 Å². The second-order valence-corrected chi connectivity index (χ2v) is 5.46. The highest BCUT2D eigenvalue weighted by molar-refractivity contribution is 5.98. The largest absolute Gasteiger partial charge is 0.383 e. The lowest BCUT2D eigenvalue weighted by molar-refractivity contribution is 0.0963. The van der Waals surface area contributed by atoms with Crippen molar-refractivity contribution in [2.24, 2.45) is 0 Å². The summed E-state index contributed by atoms with van der Waals surface area (Å²) in [4.78, 5) is 27.4. The Morgan fingerprint density at radius 2 is 2.17 bits per heavy atom. The highest BCUT2D eigenvalue weighted by atomic mass is 16.5. The SMILES string of the molecule is CNC(=O)c1cccc(-c2cn(CCOC)c(=O)c3[nH]ccc23)c1. The number of fused-ring (bicyclic) bond motifs is 1. The average molecular weight is 325 g/mol. The quantitative estimate of drug-likeness (QED) is 0.753. The molecule has 0 aliphatic heterocycles. The van der Waals surface area contributed by atoms with E-state index < -0.39 is 0 Å². The van der Waals surface area contributed by atoms with Crippen molar-refractivity contribution < 1.29 is 9.53 Å². The molecule has 0 fully saturated rings. The number of aromatic nitrogens is 2. The minimum Gasteiger partial charge on any atom is -0.383 e. The highest BCUT2D eigenvalue weighted by Crippen LogP contribution is 2.27. The van der Waals surface area contributed by atoms with Crippen LogP contribution in [-0.4, -0.2) is 36.2 Å². The van der Waals surface area contributed by atoms with Gasteiger partial charge in [0.25, 0.3) is 11.5 Å². The Bertz CT molecular complexity index is 940. The highest BCUT2D eigenvalue weighted by Gasteiger charge is 2.13. The van der Waals surface area contributed by atoms with E-state index in [4.69, 9.17) is 4.74 Å². The fourth-order valence-electron chi connectivity index (χ4n) is 2.76. The van der Waals surface area contributed by atoms with E-state index in [9.17, 15) is 9.59 Å². The van der Waals surface area contributed by atoms with Crippen molar-refractivity contribution in [1.29, 1.82) is 0 Å². The smallest absolute Gasteiger partial charge is 0.274 e. The number of benzene rings is 1. The number of H-pyrrole nitrogens is 1. The third-order valence-electron chi connectivity index (χ3n) is 4.00. The number of ether oxygens (including phenoxy) is 1. The van der Waals surface area contributed by atoms with Crippen LogP contribution in [0.4, 0.5) is 0 Å². The number of methoxy groups -OCH3 is 1. The third-order valence-corrected chi connectivity index (χ3v) is 4.00. The van der Waals surface area contributed by atoms with E-state index in [1.807, 2.05) is 30.5 Å². The van der Waals surface area contributed by atoms with Crippen LogP contribution in [0.25, 0.3) is 22.0 Å². The molecule has 0 unspecified atom stereocenters. The van der Waals surface area contributed by atoms with Gasteiger partial charge >= 0.3 is 0 Å². The van der Waals surface area contributed by atoms with E-state index >= 15 is 0 Å². The van der Waals surface area contributed by atoms with Crippen molar-refractivity contribution in [2.75, 3.05) is 20.8 Å². The number of amides is 1. The van der Waals surface area contributed by atoms with Crippen LogP contribution in [0, 0.1) is 0 Å². The number of hydrogen-bond donors (Lipinski definition) is 2. The van der Waals surface area contributed by atoms with Gasteiger partial charge < -0.3 is 19.6 Å². The summed E-state index contributed by atoms with van der Waals surface area (Å²) in [5.41, 5.74) is 2.82. The first kappa shape index (κ1) is 16.0. The summed E-state index contributed by atoms with van der Waals surface area (Å²) in [7, 11) is 3.20. The first-order valence-electron chi connectivity index (χ1n) is 7.67. The van der Waals surface area contributed by atoms with Crippen molar-refractivity contribution in [3.8, 4) is 11.1 Å². The summed E-state index contributed by atoms with van der Waals surface area (Å²) in [5, 5.41) is 3.46. The van der Waals surface area contributed by atoms with E-state index in [-0.39, 0.29) is 11.5 Å². The predicted molar refractivity (Wildman–Crippen MR) is 93.3 cm³/mol. The number of carbonyl (C=O) groups is 1. The van der Waals surface area contributed by atoms with Crippen LogP contribution in [0.15, 0.2) is 47.5 Å². The second-order valence-electron chi connectivity index (χ2n) is 5.46. The Morgan fingerprint density at radius 1 is 1.33 bits per heavy atom.